The Kier molecular flexibility index (Phi) is 8.73. The van der Waals surface area contributed by atoms with E-state index in [1.165, 1.54) is 0 Å². The van der Waals surface area contributed by atoms with E-state index in [0.717, 1.165) is 5.75 Å². The van der Waals surface area contributed by atoms with Crippen molar-refractivity contribution in [1.29, 1.82) is 0 Å². The summed E-state index contributed by atoms with van der Waals surface area (Å²) >= 11 is 0. The number of ether oxygens (including phenoxy) is 4. The van der Waals surface area contributed by atoms with Crippen molar-refractivity contribution in [2.75, 3.05) is 46.8 Å². The van der Waals surface area contributed by atoms with Crippen molar-refractivity contribution in [2.24, 2.45) is 0 Å². The predicted octanol–water partition coefficient (Wildman–Crippen LogP) is 0.460. The Morgan fingerprint density at radius 3 is 2.20 bits per heavy atom. The topological polar surface area (TPSA) is 77.4 Å². The molecule has 20 heavy (non-hydrogen) atoms. The fraction of sp³-hybridized carbons (Fsp3) is 0.571. The molecule has 114 valence electrons. The molecule has 0 aromatic heterocycles. The Labute approximate surface area is 118 Å². The highest BCUT2D eigenvalue weighted by atomic mass is 16.6. The number of methoxy groups -OCH3 is 1. The van der Waals surface area contributed by atoms with Crippen molar-refractivity contribution >= 4 is 0 Å². The van der Waals surface area contributed by atoms with Gasteiger partial charge in [-0.25, -0.2) is 0 Å². The van der Waals surface area contributed by atoms with Gasteiger partial charge in [0.1, 0.15) is 24.2 Å². The standard InChI is InChI=1S/C14H22O6/c1-17-12-2-4-13(5-3-12)20-11-14(19-9-7-16)10-18-8-6-15/h2-5,14-16H,6-11H2,1H3/t14-/m0/s1. The van der Waals surface area contributed by atoms with Crippen molar-refractivity contribution in [3.8, 4) is 11.5 Å². The zero-order valence-electron chi connectivity index (χ0n) is 11.7. The maximum absolute atomic E-state index is 8.77. The van der Waals surface area contributed by atoms with Crippen LogP contribution < -0.4 is 9.47 Å². The molecule has 2 N–H and O–H groups in total. The third-order valence-corrected chi connectivity index (χ3v) is 2.48. The Morgan fingerprint density at radius 2 is 1.60 bits per heavy atom. The summed E-state index contributed by atoms with van der Waals surface area (Å²) < 4.78 is 21.3. The van der Waals surface area contributed by atoms with Gasteiger partial charge < -0.3 is 29.2 Å². The van der Waals surface area contributed by atoms with Gasteiger partial charge in [-0.15, -0.1) is 0 Å². The second-order valence-corrected chi connectivity index (χ2v) is 4.00. The molecule has 1 aromatic rings. The molecule has 0 spiro atoms. The minimum absolute atomic E-state index is 0.0357. The van der Waals surface area contributed by atoms with E-state index in [1.807, 2.05) is 0 Å². The lowest BCUT2D eigenvalue weighted by molar-refractivity contribution is -0.0509. The van der Waals surface area contributed by atoms with E-state index in [-0.39, 0.29) is 32.5 Å². The highest BCUT2D eigenvalue weighted by Crippen LogP contribution is 2.17. The van der Waals surface area contributed by atoms with Crippen molar-refractivity contribution < 1.29 is 29.2 Å². The van der Waals surface area contributed by atoms with Crippen LogP contribution in [0.25, 0.3) is 0 Å². The average Bonchev–Trinajstić information content (AvgIpc) is 2.50. The Hall–Kier alpha value is -1.34. The quantitative estimate of drug-likeness (QED) is 0.576. The first-order valence-corrected chi connectivity index (χ1v) is 6.48. The van der Waals surface area contributed by atoms with Gasteiger partial charge in [0, 0.05) is 0 Å². The molecule has 0 aliphatic carbocycles. The number of hydrogen-bond acceptors (Lipinski definition) is 6. The minimum atomic E-state index is -0.296. The molecule has 6 nitrogen and oxygen atoms in total. The molecule has 1 rings (SSSR count). The number of benzene rings is 1. The monoisotopic (exact) mass is 286 g/mol. The van der Waals surface area contributed by atoms with E-state index in [4.69, 9.17) is 29.2 Å². The van der Waals surface area contributed by atoms with E-state index in [1.54, 1.807) is 31.4 Å². The number of hydrogen-bond donors (Lipinski definition) is 2. The molecule has 1 atom stereocenters. The number of aliphatic hydroxyl groups excluding tert-OH is 2. The maximum Gasteiger partial charge on any atom is 0.119 e. The summed E-state index contributed by atoms with van der Waals surface area (Å²) in [7, 11) is 1.60. The Morgan fingerprint density at radius 1 is 0.950 bits per heavy atom. The molecule has 0 aliphatic heterocycles. The number of rotatable bonds is 11. The fourth-order valence-corrected chi connectivity index (χ4v) is 1.50. The van der Waals surface area contributed by atoms with Crippen LogP contribution in [-0.4, -0.2) is 63.1 Å². The molecular formula is C14H22O6. The van der Waals surface area contributed by atoms with Crippen LogP contribution in [0, 0.1) is 0 Å². The minimum Gasteiger partial charge on any atom is -0.497 e. The molecule has 0 saturated heterocycles. The van der Waals surface area contributed by atoms with Gasteiger partial charge in [0.2, 0.25) is 0 Å². The summed E-state index contributed by atoms with van der Waals surface area (Å²) in [6.45, 7) is 0.986. The molecule has 0 radical (unpaired) electrons. The molecule has 0 heterocycles. The smallest absolute Gasteiger partial charge is 0.119 e. The fourth-order valence-electron chi connectivity index (χ4n) is 1.50. The molecule has 0 saturated carbocycles. The number of aliphatic hydroxyl groups is 2. The summed E-state index contributed by atoms with van der Waals surface area (Å²) in [5.41, 5.74) is 0. The summed E-state index contributed by atoms with van der Waals surface area (Å²) in [5.74, 6) is 1.46. The van der Waals surface area contributed by atoms with Crippen LogP contribution in [0.1, 0.15) is 0 Å². The van der Waals surface area contributed by atoms with E-state index >= 15 is 0 Å². The van der Waals surface area contributed by atoms with Crippen LogP contribution in [0.3, 0.4) is 0 Å². The van der Waals surface area contributed by atoms with Crippen LogP contribution in [0.4, 0.5) is 0 Å². The lowest BCUT2D eigenvalue weighted by atomic mass is 10.3. The van der Waals surface area contributed by atoms with Crippen LogP contribution in [0.2, 0.25) is 0 Å². The van der Waals surface area contributed by atoms with Gasteiger partial charge in [0.05, 0.1) is 40.1 Å². The van der Waals surface area contributed by atoms with Gasteiger partial charge >= 0.3 is 0 Å². The van der Waals surface area contributed by atoms with Crippen molar-refractivity contribution in [3.05, 3.63) is 24.3 Å². The summed E-state index contributed by atoms with van der Waals surface area (Å²) in [5, 5.41) is 17.4. The van der Waals surface area contributed by atoms with Crippen LogP contribution in [0.15, 0.2) is 24.3 Å². The van der Waals surface area contributed by atoms with Crippen LogP contribution >= 0.6 is 0 Å². The molecular weight excluding hydrogens is 264 g/mol. The summed E-state index contributed by atoms with van der Waals surface area (Å²) in [6.07, 6.45) is -0.296. The normalized spacial score (nSPS) is 12.2. The molecule has 1 aromatic carbocycles. The Balaban J connectivity index is 2.38. The molecule has 0 unspecified atom stereocenters. The zero-order chi connectivity index (χ0) is 14.6. The van der Waals surface area contributed by atoms with Gasteiger partial charge in [0.25, 0.3) is 0 Å². The first-order chi connectivity index (χ1) is 9.80. The first-order valence-electron chi connectivity index (χ1n) is 6.48. The SMILES string of the molecule is COc1ccc(OC[C@H](COCCO)OCCO)cc1. The van der Waals surface area contributed by atoms with Crippen LogP contribution in [0.5, 0.6) is 11.5 Å². The van der Waals surface area contributed by atoms with Crippen molar-refractivity contribution in [2.45, 2.75) is 6.10 Å². The predicted molar refractivity (Wildman–Crippen MR) is 73.2 cm³/mol. The van der Waals surface area contributed by atoms with E-state index < -0.39 is 0 Å². The van der Waals surface area contributed by atoms with E-state index in [9.17, 15) is 0 Å². The van der Waals surface area contributed by atoms with Crippen molar-refractivity contribution in [1.82, 2.24) is 0 Å². The lowest BCUT2D eigenvalue weighted by Gasteiger charge is -2.18. The molecule has 6 heteroatoms. The van der Waals surface area contributed by atoms with Gasteiger partial charge in [-0.3, -0.25) is 0 Å². The highest BCUT2D eigenvalue weighted by Gasteiger charge is 2.10. The molecule has 0 aliphatic rings. The summed E-state index contributed by atoms with van der Waals surface area (Å²) in [4.78, 5) is 0. The first kappa shape index (κ1) is 16.7. The lowest BCUT2D eigenvalue weighted by Crippen LogP contribution is -2.29. The summed E-state index contributed by atoms with van der Waals surface area (Å²) in [6, 6.07) is 7.22. The van der Waals surface area contributed by atoms with E-state index in [2.05, 4.69) is 0 Å². The largest absolute Gasteiger partial charge is 0.497 e. The van der Waals surface area contributed by atoms with Crippen LogP contribution in [-0.2, 0) is 9.47 Å². The van der Waals surface area contributed by atoms with Crippen molar-refractivity contribution in [3.63, 3.8) is 0 Å². The molecule has 0 amide bonds. The second-order valence-electron chi connectivity index (χ2n) is 4.00. The average molecular weight is 286 g/mol. The second kappa shape index (κ2) is 10.4. The van der Waals surface area contributed by atoms with Gasteiger partial charge in [0.15, 0.2) is 0 Å². The van der Waals surface area contributed by atoms with Gasteiger partial charge in [-0.1, -0.05) is 0 Å². The Bertz CT molecular complexity index is 340. The molecule has 0 fully saturated rings. The van der Waals surface area contributed by atoms with Gasteiger partial charge in [-0.05, 0) is 24.3 Å². The maximum atomic E-state index is 8.77. The molecule has 0 bridgehead atoms. The van der Waals surface area contributed by atoms with Gasteiger partial charge in [-0.2, -0.15) is 0 Å². The third kappa shape index (κ3) is 6.72. The zero-order valence-corrected chi connectivity index (χ0v) is 11.7. The van der Waals surface area contributed by atoms with E-state index in [0.29, 0.717) is 19.0 Å². The third-order valence-electron chi connectivity index (χ3n) is 2.48. The highest BCUT2D eigenvalue weighted by molar-refractivity contribution is 5.31.